The van der Waals surface area contributed by atoms with Gasteiger partial charge in [0, 0.05) is 12.5 Å². The van der Waals surface area contributed by atoms with Crippen LogP contribution in [0, 0.1) is 5.92 Å². The molecule has 0 amide bonds. The lowest BCUT2D eigenvalue weighted by atomic mass is 9.95. The van der Waals surface area contributed by atoms with E-state index in [9.17, 15) is 18.0 Å². The highest BCUT2D eigenvalue weighted by molar-refractivity contribution is 5.86. The quantitative estimate of drug-likeness (QED) is 0.656. The summed E-state index contributed by atoms with van der Waals surface area (Å²) in [6, 6.07) is 0. The first-order chi connectivity index (χ1) is 5.52. The largest absolute Gasteiger partial charge is 0.450 e. The molecule has 2 nitrogen and oxygen atoms in total. The van der Waals surface area contributed by atoms with Crippen LogP contribution in [-0.2, 0) is 4.79 Å². The highest BCUT2D eigenvalue weighted by atomic mass is 19.4. The van der Waals surface area contributed by atoms with E-state index >= 15 is 0 Å². The summed E-state index contributed by atoms with van der Waals surface area (Å²) in [7, 11) is 0. The third-order valence-electron chi connectivity index (χ3n) is 1.95. The van der Waals surface area contributed by atoms with Crippen molar-refractivity contribution in [3.63, 3.8) is 0 Å². The molecule has 70 valence electrons. The molecule has 0 saturated carbocycles. The molecule has 0 spiro atoms. The van der Waals surface area contributed by atoms with Gasteiger partial charge >= 0.3 is 6.18 Å². The Morgan fingerprint density at radius 1 is 1.42 bits per heavy atom. The lowest BCUT2D eigenvalue weighted by Crippen LogP contribution is -2.40. The molecular weight excluding hydrogens is 171 g/mol. The molecule has 0 aromatic rings. The summed E-state index contributed by atoms with van der Waals surface area (Å²) in [6.07, 6.45) is -3.67. The average molecular weight is 181 g/mol. The first-order valence-corrected chi connectivity index (χ1v) is 3.83. The van der Waals surface area contributed by atoms with E-state index in [0.29, 0.717) is 19.4 Å². The van der Waals surface area contributed by atoms with Gasteiger partial charge in [0.1, 0.15) is 0 Å². The van der Waals surface area contributed by atoms with Crippen LogP contribution in [0.2, 0.25) is 0 Å². The van der Waals surface area contributed by atoms with Crippen LogP contribution in [0.5, 0.6) is 0 Å². The van der Waals surface area contributed by atoms with Gasteiger partial charge in [-0.1, -0.05) is 0 Å². The Morgan fingerprint density at radius 3 is 2.50 bits per heavy atom. The number of Topliss-reactive ketones (excluding diaryl/α,β-unsaturated/α-hetero) is 1. The number of hydrogen-bond acceptors (Lipinski definition) is 2. The van der Waals surface area contributed by atoms with Crippen LogP contribution in [-0.4, -0.2) is 25.0 Å². The number of piperidine rings is 1. The standard InChI is InChI=1S/C7H10F3NO/c8-7(9,10)6(12)5-2-1-3-11-4-5/h5,11H,1-4H2/t5-/m0/s1. The molecule has 1 saturated heterocycles. The topological polar surface area (TPSA) is 29.1 Å². The number of carbonyl (C=O) groups excluding carboxylic acids is 1. The molecular formula is C7H10F3NO. The summed E-state index contributed by atoms with van der Waals surface area (Å²) in [5, 5.41) is 2.77. The minimum atomic E-state index is -4.66. The van der Waals surface area contributed by atoms with Crippen molar-refractivity contribution in [2.24, 2.45) is 5.92 Å². The van der Waals surface area contributed by atoms with E-state index < -0.39 is 17.9 Å². The molecule has 1 N–H and O–H groups in total. The maximum atomic E-state index is 11.9. The number of carbonyl (C=O) groups is 1. The maximum Gasteiger partial charge on any atom is 0.450 e. The number of alkyl halides is 3. The number of ketones is 1. The third kappa shape index (κ3) is 2.20. The van der Waals surface area contributed by atoms with Crippen LogP contribution in [0.4, 0.5) is 13.2 Å². The van der Waals surface area contributed by atoms with E-state index in [1.54, 1.807) is 0 Å². The van der Waals surface area contributed by atoms with Crippen molar-refractivity contribution in [2.75, 3.05) is 13.1 Å². The van der Waals surface area contributed by atoms with Gasteiger partial charge in [0.05, 0.1) is 0 Å². The highest BCUT2D eigenvalue weighted by Crippen LogP contribution is 2.24. The summed E-state index contributed by atoms with van der Waals surface area (Å²) in [5.74, 6) is -2.45. The number of hydrogen-bond donors (Lipinski definition) is 1. The molecule has 0 bridgehead atoms. The van der Waals surface area contributed by atoms with Crippen LogP contribution in [0.15, 0.2) is 0 Å². The van der Waals surface area contributed by atoms with Crippen LogP contribution in [0.3, 0.4) is 0 Å². The average Bonchev–Trinajstić information content (AvgIpc) is 2.03. The summed E-state index contributed by atoms with van der Waals surface area (Å²) in [5.41, 5.74) is 0. The van der Waals surface area contributed by atoms with Crippen molar-refractivity contribution < 1.29 is 18.0 Å². The Morgan fingerprint density at radius 2 is 2.08 bits per heavy atom. The molecule has 1 rings (SSSR count). The minimum Gasteiger partial charge on any atom is -0.316 e. The van der Waals surface area contributed by atoms with Gasteiger partial charge in [-0.2, -0.15) is 13.2 Å². The van der Waals surface area contributed by atoms with Crippen LogP contribution >= 0.6 is 0 Å². The van der Waals surface area contributed by atoms with Crippen molar-refractivity contribution in [2.45, 2.75) is 19.0 Å². The minimum absolute atomic E-state index is 0.165. The van der Waals surface area contributed by atoms with E-state index in [2.05, 4.69) is 5.32 Å². The molecule has 5 heteroatoms. The molecule has 0 unspecified atom stereocenters. The van der Waals surface area contributed by atoms with Crippen LogP contribution < -0.4 is 5.32 Å². The zero-order chi connectivity index (χ0) is 9.19. The van der Waals surface area contributed by atoms with Gasteiger partial charge in [-0.25, -0.2) is 0 Å². The Bertz CT molecular complexity index is 172. The van der Waals surface area contributed by atoms with Gasteiger partial charge in [-0.3, -0.25) is 4.79 Å². The van der Waals surface area contributed by atoms with E-state index in [4.69, 9.17) is 0 Å². The van der Waals surface area contributed by atoms with Crippen LogP contribution in [0.1, 0.15) is 12.8 Å². The fourth-order valence-corrected chi connectivity index (χ4v) is 1.31. The van der Waals surface area contributed by atoms with Gasteiger partial charge in [0.15, 0.2) is 0 Å². The second kappa shape index (κ2) is 3.43. The lowest BCUT2D eigenvalue weighted by Gasteiger charge is -2.22. The zero-order valence-electron chi connectivity index (χ0n) is 6.45. The Hall–Kier alpha value is -0.580. The van der Waals surface area contributed by atoms with Gasteiger partial charge in [0.25, 0.3) is 0 Å². The molecule has 1 aliphatic rings. The first-order valence-electron chi connectivity index (χ1n) is 3.83. The molecule has 0 aromatic carbocycles. The Labute approximate surface area is 68.1 Å². The molecule has 1 fully saturated rings. The Kier molecular flexibility index (Phi) is 2.72. The predicted molar refractivity (Wildman–Crippen MR) is 36.7 cm³/mol. The third-order valence-corrected chi connectivity index (χ3v) is 1.95. The molecule has 12 heavy (non-hydrogen) atoms. The van der Waals surface area contributed by atoms with E-state index in [0.717, 1.165) is 0 Å². The first kappa shape index (κ1) is 9.51. The van der Waals surface area contributed by atoms with Crippen molar-refractivity contribution in [3.05, 3.63) is 0 Å². The summed E-state index contributed by atoms with van der Waals surface area (Å²) < 4.78 is 35.6. The zero-order valence-corrected chi connectivity index (χ0v) is 6.45. The van der Waals surface area contributed by atoms with Gasteiger partial charge in [0.2, 0.25) is 5.78 Å². The van der Waals surface area contributed by atoms with Crippen molar-refractivity contribution in [1.82, 2.24) is 5.32 Å². The molecule has 0 radical (unpaired) electrons. The fraction of sp³-hybridized carbons (Fsp3) is 0.857. The second-order valence-electron chi connectivity index (χ2n) is 2.91. The molecule has 1 atom stereocenters. The van der Waals surface area contributed by atoms with E-state index in [-0.39, 0.29) is 6.54 Å². The number of halogens is 3. The maximum absolute atomic E-state index is 11.9. The smallest absolute Gasteiger partial charge is 0.316 e. The van der Waals surface area contributed by atoms with E-state index in [1.807, 2.05) is 0 Å². The lowest BCUT2D eigenvalue weighted by molar-refractivity contribution is -0.176. The monoisotopic (exact) mass is 181 g/mol. The van der Waals surface area contributed by atoms with Crippen molar-refractivity contribution in [3.8, 4) is 0 Å². The summed E-state index contributed by atoms with van der Waals surface area (Å²) >= 11 is 0. The van der Waals surface area contributed by atoms with Crippen molar-refractivity contribution in [1.29, 1.82) is 0 Å². The SMILES string of the molecule is O=C([C@H]1CCCNC1)C(F)(F)F. The Balaban J connectivity index is 2.51. The highest BCUT2D eigenvalue weighted by Gasteiger charge is 2.43. The molecule has 1 heterocycles. The molecule has 0 aliphatic carbocycles. The number of rotatable bonds is 1. The van der Waals surface area contributed by atoms with Gasteiger partial charge in [-0.05, 0) is 19.4 Å². The normalized spacial score (nSPS) is 25.4. The second-order valence-corrected chi connectivity index (χ2v) is 2.91. The predicted octanol–water partition coefficient (Wildman–Crippen LogP) is 1.12. The number of nitrogens with one attached hydrogen (secondary N) is 1. The molecule has 0 aromatic heterocycles. The fourth-order valence-electron chi connectivity index (χ4n) is 1.31. The van der Waals surface area contributed by atoms with Gasteiger partial charge < -0.3 is 5.32 Å². The van der Waals surface area contributed by atoms with Crippen molar-refractivity contribution >= 4 is 5.78 Å². The van der Waals surface area contributed by atoms with Gasteiger partial charge in [-0.15, -0.1) is 0 Å². The van der Waals surface area contributed by atoms with E-state index in [1.165, 1.54) is 0 Å². The van der Waals surface area contributed by atoms with Crippen LogP contribution in [0.25, 0.3) is 0 Å². The summed E-state index contributed by atoms with van der Waals surface area (Å²) in [4.78, 5) is 10.7. The summed E-state index contributed by atoms with van der Waals surface area (Å²) in [6.45, 7) is 0.875. The molecule has 1 aliphatic heterocycles.